The minimum absolute atomic E-state index is 0.125. The molecule has 0 radical (unpaired) electrons. The van der Waals surface area contributed by atoms with Gasteiger partial charge in [0, 0.05) is 25.4 Å². The van der Waals surface area contributed by atoms with Gasteiger partial charge in [-0.25, -0.2) is 0 Å². The number of hydrogen-bond acceptors (Lipinski definition) is 11. The highest BCUT2D eigenvalue weighted by Gasteiger charge is 2.68. The second-order valence-corrected chi connectivity index (χ2v) is 19.1. The van der Waals surface area contributed by atoms with E-state index in [1.54, 1.807) is 12.1 Å². The number of nitrogens with two attached hydrogens (primary N) is 2. The van der Waals surface area contributed by atoms with Crippen molar-refractivity contribution in [2.45, 2.75) is 147 Å². The molecule has 9 N–H and O–H groups in total. The van der Waals surface area contributed by atoms with Crippen LogP contribution < -0.4 is 38.1 Å². The lowest BCUT2D eigenvalue weighted by molar-refractivity contribution is -0.199. The summed E-state index contributed by atoms with van der Waals surface area (Å²) in [6, 6.07) is 10.2. The summed E-state index contributed by atoms with van der Waals surface area (Å²) in [6.07, 6.45) is 7.94. The van der Waals surface area contributed by atoms with Crippen LogP contribution in [0.2, 0.25) is 0 Å². The molecule has 2 bridgehead atoms. The molecule has 3 aliphatic carbocycles. The molecule has 65 heavy (non-hydrogen) atoms. The Morgan fingerprint density at radius 1 is 0.877 bits per heavy atom. The van der Waals surface area contributed by atoms with Gasteiger partial charge in [0.1, 0.15) is 30.2 Å². The maximum Gasteiger partial charge on any atom is 0.497 e. The van der Waals surface area contributed by atoms with Crippen LogP contribution in [-0.2, 0) is 44.4 Å². The van der Waals surface area contributed by atoms with Crippen LogP contribution in [0.25, 0.3) is 11.1 Å². The van der Waals surface area contributed by atoms with Gasteiger partial charge in [-0.15, -0.1) is 0 Å². The third kappa shape index (κ3) is 12.5. The van der Waals surface area contributed by atoms with E-state index in [2.05, 4.69) is 78.5 Å². The van der Waals surface area contributed by atoms with Crippen LogP contribution in [-0.4, -0.2) is 112 Å². The van der Waals surface area contributed by atoms with E-state index < -0.39 is 72.5 Å². The van der Waals surface area contributed by atoms with Gasteiger partial charge in [0.15, 0.2) is 0 Å². The zero-order valence-corrected chi connectivity index (χ0v) is 39.0. The summed E-state index contributed by atoms with van der Waals surface area (Å²) in [6.45, 7) is 11.3. The number of carbonyl (C=O) groups is 5. The van der Waals surface area contributed by atoms with Gasteiger partial charge in [0.2, 0.25) is 23.6 Å². The maximum atomic E-state index is 13.9. The van der Waals surface area contributed by atoms with Gasteiger partial charge in [-0.05, 0) is 131 Å². The summed E-state index contributed by atoms with van der Waals surface area (Å²) in [7, 11) is -0.862. The topological polar surface area (TPSA) is 234 Å². The van der Waals surface area contributed by atoms with E-state index in [0.29, 0.717) is 56.2 Å². The van der Waals surface area contributed by atoms with Gasteiger partial charge in [-0.3, -0.25) is 24.0 Å². The number of carbonyl (C=O) groups excluding carboxylic acids is 5. The molecule has 5 aliphatic rings. The van der Waals surface area contributed by atoms with Crippen LogP contribution >= 0.6 is 0 Å². The number of nitrogens with one attached hydrogen (secondary N) is 5. The number of hydrogen-bond donors (Lipinski definition) is 7. The third-order valence-corrected chi connectivity index (χ3v) is 14.1. The first kappa shape index (κ1) is 50.0. The summed E-state index contributed by atoms with van der Waals surface area (Å²) in [5, 5.41) is 13.8. The number of rotatable bonds is 15. The fourth-order valence-electron chi connectivity index (χ4n) is 9.76. The number of unbranched alkanes of at least 4 members (excludes halogenated alkanes) is 2. The van der Waals surface area contributed by atoms with Crippen molar-refractivity contribution < 1.29 is 42.8 Å². The quantitative estimate of drug-likeness (QED) is 0.0779. The summed E-state index contributed by atoms with van der Waals surface area (Å²) in [5.74, 6) is -2.03. The fourth-order valence-corrected chi connectivity index (χ4v) is 9.76. The van der Waals surface area contributed by atoms with E-state index in [4.69, 9.17) is 30.2 Å². The molecular weight excluding hydrogens is 829 g/mol. The van der Waals surface area contributed by atoms with Crippen LogP contribution in [0.3, 0.4) is 0 Å². The van der Waals surface area contributed by atoms with Crippen LogP contribution in [0.5, 0.6) is 0 Å². The lowest BCUT2D eigenvalue weighted by Gasteiger charge is -2.64. The normalized spacial score (nSPS) is 28.1. The van der Waals surface area contributed by atoms with Crippen LogP contribution in [0, 0.1) is 17.3 Å². The molecule has 2 aromatic rings. The summed E-state index contributed by atoms with van der Waals surface area (Å²) in [4.78, 5) is 68.7. The molecule has 2 saturated heterocycles. The largest absolute Gasteiger partial charge is 0.497 e. The molecule has 356 valence electrons. The predicted octanol–water partition coefficient (Wildman–Crippen LogP) is 3.28. The Hall–Kier alpha value is -4.39. The SMILES string of the molecule is CCCCc1ccc(-c2ccc(C(=O)N[C@@H](CCCCN)C(=O)N[C@H]3COCCCCOCC[C@@H](C(=O)N[C@@H](N)B4O[C@@H]5C[C@@H]6C[C@@H](C6(C)C)[C@]5(C)O4)NC(=O)[C@H](C)NC3=O)cc2)cc1. The molecule has 3 saturated carbocycles. The first-order chi connectivity index (χ1) is 31.1. The maximum absolute atomic E-state index is 13.9. The highest BCUT2D eigenvalue weighted by molar-refractivity contribution is 6.47. The molecule has 2 heterocycles. The Morgan fingerprint density at radius 3 is 2.25 bits per heavy atom. The van der Waals surface area contributed by atoms with Crippen LogP contribution in [0.15, 0.2) is 48.5 Å². The Bertz CT molecular complexity index is 1940. The molecule has 16 nitrogen and oxygen atoms in total. The predicted molar refractivity (Wildman–Crippen MR) is 248 cm³/mol. The molecule has 2 aliphatic heterocycles. The second kappa shape index (κ2) is 22.9. The Balaban J connectivity index is 1.07. The van der Waals surface area contributed by atoms with E-state index in [9.17, 15) is 24.0 Å². The first-order valence-electron chi connectivity index (χ1n) is 23.8. The molecule has 0 unspecified atom stereocenters. The number of aryl methyl sites for hydroxylation is 1. The van der Waals surface area contributed by atoms with E-state index in [-0.39, 0.29) is 44.2 Å². The summed E-state index contributed by atoms with van der Waals surface area (Å²) < 4.78 is 24.4. The minimum atomic E-state index is -1.21. The molecule has 5 amide bonds. The average Bonchev–Trinajstić information content (AvgIpc) is 3.66. The van der Waals surface area contributed by atoms with Crippen molar-refractivity contribution >= 4 is 36.7 Å². The van der Waals surface area contributed by atoms with Crippen molar-refractivity contribution in [2.24, 2.45) is 28.7 Å². The number of amides is 5. The summed E-state index contributed by atoms with van der Waals surface area (Å²) in [5.41, 5.74) is 15.5. The molecule has 0 spiro atoms. The van der Waals surface area contributed by atoms with Gasteiger partial charge >= 0.3 is 7.12 Å². The molecule has 17 heteroatoms. The monoisotopic (exact) mass is 902 g/mol. The van der Waals surface area contributed by atoms with Crippen LogP contribution in [0.4, 0.5) is 0 Å². The average molecular weight is 902 g/mol. The number of benzene rings is 2. The standard InChI is InChI=1S/C48H72BN7O9/c1-6-7-12-31-14-16-32(17-15-31)33-18-20-34(21-19-33)42(58)54-36(13-8-9-23-50)43(59)55-38-29-63-25-11-10-24-62-26-22-37(53-41(57)30(2)52-45(38)61)44(60)56-46(51)49-64-40-28-35-27-39(47(35,3)4)48(40,5)65-49/h14-21,30,35-40,46H,6-13,22-29,50-51H2,1-5H3,(H,52,61)(H,53,57)(H,54,58)(H,55,59)(H,56,60)/t30-,35-,36-,37-,38-,39-,40+,46+,48-/m0/s1. The van der Waals surface area contributed by atoms with Crippen molar-refractivity contribution in [2.75, 3.05) is 33.0 Å². The Labute approximate surface area is 384 Å². The third-order valence-electron chi connectivity index (χ3n) is 14.1. The number of ether oxygens (including phenoxy) is 2. The van der Waals surface area contributed by atoms with Gasteiger partial charge in [0.25, 0.3) is 5.91 Å². The van der Waals surface area contributed by atoms with E-state index in [0.717, 1.165) is 43.2 Å². The molecule has 9 atom stereocenters. The first-order valence-corrected chi connectivity index (χ1v) is 23.8. The van der Waals surface area contributed by atoms with Gasteiger partial charge < -0.3 is 56.8 Å². The molecular formula is C48H72BN7O9. The van der Waals surface area contributed by atoms with Gasteiger partial charge in [0.05, 0.1) is 18.3 Å². The highest BCUT2D eigenvalue weighted by Crippen LogP contribution is 2.65. The molecule has 7 rings (SSSR count). The molecule has 0 aromatic heterocycles. The summed E-state index contributed by atoms with van der Waals surface area (Å²) >= 11 is 0. The van der Waals surface area contributed by atoms with E-state index in [1.807, 2.05) is 12.1 Å². The zero-order chi connectivity index (χ0) is 46.7. The van der Waals surface area contributed by atoms with Crippen LogP contribution in [0.1, 0.15) is 115 Å². The Morgan fingerprint density at radius 2 is 1.57 bits per heavy atom. The van der Waals surface area contributed by atoms with Gasteiger partial charge in [-0.2, -0.15) is 0 Å². The molecule has 2 aromatic carbocycles. The van der Waals surface area contributed by atoms with Crippen molar-refractivity contribution in [3.63, 3.8) is 0 Å². The Kier molecular flexibility index (Phi) is 17.6. The van der Waals surface area contributed by atoms with E-state index >= 15 is 0 Å². The fraction of sp³-hybridized carbons (Fsp3) is 0.646. The van der Waals surface area contributed by atoms with Crippen molar-refractivity contribution in [3.05, 3.63) is 59.7 Å². The lowest BCUT2D eigenvalue weighted by atomic mass is 9.43. The highest BCUT2D eigenvalue weighted by atomic mass is 16.7. The van der Waals surface area contributed by atoms with Crippen molar-refractivity contribution in [1.82, 2.24) is 26.6 Å². The zero-order valence-electron chi connectivity index (χ0n) is 39.0. The smallest absolute Gasteiger partial charge is 0.403 e. The van der Waals surface area contributed by atoms with Gasteiger partial charge in [-0.1, -0.05) is 63.6 Å². The molecule has 5 fully saturated rings. The lowest BCUT2D eigenvalue weighted by Crippen LogP contribution is -2.65. The van der Waals surface area contributed by atoms with Crippen molar-refractivity contribution in [1.29, 1.82) is 0 Å². The second-order valence-electron chi connectivity index (χ2n) is 19.1. The van der Waals surface area contributed by atoms with Crippen molar-refractivity contribution in [3.8, 4) is 11.1 Å². The van der Waals surface area contributed by atoms with E-state index in [1.165, 1.54) is 12.5 Å². The minimum Gasteiger partial charge on any atom is -0.403 e.